The van der Waals surface area contributed by atoms with Gasteiger partial charge in [-0.1, -0.05) is 6.92 Å². The van der Waals surface area contributed by atoms with Gasteiger partial charge in [0.2, 0.25) is 0 Å². The van der Waals surface area contributed by atoms with Gasteiger partial charge in [-0.15, -0.1) is 0 Å². The number of aromatic nitrogens is 2. The van der Waals surface area contributed by atoms with Crippen LogP contribution in [0.4, 0.5) is 0 Å². The molecule has 94 valence electrons. The third kappa shape index (κ3) is 2.20. The van der Waals surface area contributed by atoms with Crippen molar-refractivity contribution in [2.45, 2.75) is 37.8 Å². The number of carbonyl (C=O) groups excluding carboxylic acids is 1. The maximum Gasteiger partial charge on any atom is 0.326 e. The number of carbonyl (C=O) groups is 1. The van der Waals surface area contributed by atoms with Gasteiger partial charge in [-0.25, -0.2) is 0 Å². The SMILES string of the molecule is CCNC1(C(=O)OC)CCC(n2cccn2)C1. The van der Waals surface area contributed by atoms with Crippen LogP contribution >= 0.6 is 0 Å². The predicted octanol–water partition coefficient (Wildman–Crippen LogP) is 1.13. The van der Waals surface area contributed by atoms with E-state index >= 15 is 0 Å². The van der Waals surface area contributed by atoms with Gasteiger partial charge in [0.15, 0.2) is 0 Å². The standard InChI is InChI=1S/C12H19N3O2/c1-3-13-12(11(16)17-2)6-5-10(9-12)15-8-4-7-14-15/h4,7-8,10,13H,3,5-6,9H2,1-2H3. The smallest absolute Gasteiger partial charge is 0.326 e. The maximum atomic E-state index is 11.9. The van der Waals surface area contributed by atoms with Crippen LogP contribution in [-0.4, -0.2) is 34.9 Å². The van der Waals surface area contributed by atoms with Gasteiger partial charge in [-0.05, 0) is 31.9 Å². The molecule has 0 bridgehead atoms. The molecule has 0 aliphatic heterocycles. The van der Waals surface area contributed by atoms with Crippen molar-refractivity contribution in [2.75, 3.05) is 13.7 Å². The van der Waals surface area contributed by atoms with Crippen LogP contribution in [0, 0.1) is 0 Å². The molecule has 0 saturated heterocycles. The number of nitrogens with zero attached hydrogens (tertiary/aromatic N) is 2. The highest BCUT2D eigenvalue weighted by Gasteiger charge is 2.46. The molecule has 1 aromatic rings. The van der Waals surface area contributed by atoms with Gasteiger partial charge in [0, 0.05) is 12.4 Å². The Balaban J connectivity index is 2.14. The van der Waals surface area contributed by atoms with Crippen molar-refractivity contribution in [2.24, 2.45) is 0 Å². The number of likely N-dealkylation sites (N-methyl/N-ethyl adjacent to an activating group) is 1. The van der Waals surface area contributed by atoms with Crippen molar-refractivity contribution in [3.63, 3.8) is 0 Å². The quantitative estimate of drug-likeness (QED) is 0.798. The lowest BCUT2D eigenvalue weighted by atomic mass is 9.97. The fourth-order valence-electron chi connectivity index (χ4n) is 2.69. The summed E-state index contributed by atoms with van der Waals surface area (Å²) in [4.78, 5) is 11.9. The lowest BCUT2D eigenvalue weighted by molar-refractivity contribution is -0.148. The highest BCUT2D eigenvalue weighted by molar-refractivity contribution is 5.81. The number of methoxy groups -OCH3 is 1. The first-order chi connectivity index (χ1) is 8.22. The van der Waals surface area contributed by atoms with Crippen LogP contribution in [0.15, 0.2) is 18.5 Å². The van der Waals surface area contributed by atoms with Gasteiger partial charge in [-0.2, -0.15) is 5.10 Å². The monoisotopic (exact) mass is 237 g/mol. The van der Waals surface area contributed by atoms with Gasteiger partial charge in [0.05, 0.1) is 13.2 Å². The minimum Gasteiger partial charge on any atom is -0.468 e. The molecule has 0 aromatic carbocycles. The van der Waals surface area contributed by atoms with Crippen molar-refractivity contribution in [1.29, 1.82) is 0 Å². The molecular weight excluding hydrogens is 218 g/mol. The molecule has 1 N–H and O–H groups in total. The summed E-state index contributed by atoms with van der Waals surface area (Å²) >= 11 is 0. The highest BCUT2D eigenvalue weighted by atomic mass is 16.5. The van der Waals surface area contributed by atoms with Crippen LogP contribution in [0.5, 0.6) is 0 Å². The van der Waals surface area contributed by atoms with Crippen molar-refractivity contribution >= 4 is 5.97 Å². The number of hydrogen-bond donors (Lipinski definition) is 1. The average molecular weight is 237 g/mol. The van der Waals surface area contributed by atoms with E-state index in [1.54, 1.807) is 6.20 Å². The Morgan fingerprint density at radius 2 is 2.53 bits per heavy atom. The van der Waals surface area contributed by atoms with E-state index < -0.39 is 5.54 Å². The number of esters is 1. The zero-order valence-corrected chi connectivity index (χ0v) is 10.3. The van der Waals surface area contributed by atoms with Crippen LogP contribution in [0.25, 0.3) is 0 Å². The van der Waals surface area contributed by atoms with E-state index in [1.165, 1.54) is 7.11 Å². The van der Waals surface area contributed by atoms with Crippen LogP contribution in [0.3, 0.4) is 0 Å². The molecule has 5 heteroatoms. The summed E-state index contributed by atoms with van der Waals surface area (Å²) in [7, 11) is 1.45. The maximum absolute atomic E-state index is 11.9. The van der Waals surface area contributed by atoms with Crippen molar-refractivity contribution in [3.8, 4) is 0 Å². The van der Waals surface area contributed by atoms with Gasteiger partial charge in [0.1, 0.15) is 5.54 Å². The Hall–Kier alpha value is -1.36. The van der Waals surface area contributed by atoms with Crippen LogP contribution < -0.4 is 5.32 Å². The van der Waals surface area contributed by atoms with Gasteiger partial charge >= 0.3 is 5.97 Å². The molecule has 1 saturated carbocycles. The van der Waals surface area contributed by atoms with Crippen molar-refractivity contribution in [1.82, 2.24) is 15.1 Å². The molecule has 17 heavy (non-hydrogen) atoms. The number of rotatable bonds is 4. The van der Waals surface area contributed by atoms with E-state index in [4.69, 9.17) is 4.74 Å². The zero-order valence-electron chi connectivity index (χ0n) is 10.3. The molecule has 2 unspecified atom stereocenters. The largest absolute Gasteiger partial charge is 0.468 e. The molecular formula is C12H19N3O2. The molecule has 1 aliphatic rings. The molecule has 0 amide bonds. The lowest BCUT2D eigenvalue weighted by Gasteiger charge is -2.27. The third-order valence-electron chi connectivity index (χ3n) is 3.48. The summed E-state index contributed by atoms with van der Waals surface area (Å²) in [6.45, 7) is 2.77. The molecule has 1 aromatic heterocycles. The van der Waals surface area contributed by atoms with Gasteiger partial charge in [0.25, 0.3) is 0 Å². The Morgan fingerprint density at radius 3 is 3.12 bits per heavy atom. The van der Waals surface area contributed by atoms with Crippen molar-refractivity contribution in [3.05, 3.63) is 18.5 Å². The third-order valence-corrected chi connectivity index (χ3v) is 3.48. The minimum absolute atomic E-state index is 0.158. The van der Waals surface area contributed by atoms with E-state index in [9.17, 15) is 4.79 Å². The fourth-order valence-corrected chi connectivity index (χ4v) is 2.69. The molecule has 0 radical (unpaired) electrons. The molecule has 2 atom stereocenters. The zero-order chi connectivity index (χ0) is 12.3. The molecule has 0 spiro atoms. The fraction of sp³-hybridized carbons (Fsp3) is 0.667. The second-order valence-electron chi connectivity index (χ2n) is 4.49. The summed E-state index contributed by atoms with van der Waals surface area (Å²) in [5.41, 5.74) is -0.528. The second-order valence-corrected chi connectivity index (χ2v) is 4.49. The molecule has 2 rings (SSSR count). The van der Waals surface area contributed by atoms with E-state index in [1.807, 2.05) is 23.9 Å². The molecule has 1 fully saturated rings. The van der Waals surface area contributed by atoms with E-state index in [-0.39, 0.29) is 12.0 Å². The lowest BCUT2D eigenvalue weighted by Crippen LogP contribution is -2.50. The Bertz CT molecular complexity index is 377. The van der Waals surface area contributed by atoms with Gasteiger partial charge < -0.3 is 10.1 Å². The Labute approximate surface area is 101 Å². The minimum atomic E-state index is -0.528. The van der Waals surface area contributed by atoms with Crippen LogP contribution in [-0.2, 0) is 9.53 Å². The first-order valence-electron chi connectivity index (χ1n) is 6.04. The number of nitrogens with one attached hydrogen (secondary N) is 1. The summed E-state index contributed by atoms with van der Waals surface area (Å²) in [6, 6.07) is 2.19. The van der Waals surface area contributed by atoms with Crippen LogP contribution in [0.1, 0.15) is 32.2 Å². The molecule has 1 aliphatic carbocycles. The Kier molecular flexibility index (Phi) is 3.47. The first-order valence-corrected chi connectivity index (χ1v) is 6.04. The Morgan fingerprint density at radius 1 is 1.71 bits per heavy atom. The topological polar surface area (TPSA) is 56.1 Å². The predicted molar refractivity (Wildman–Crippen MR) is 63.5 cm³/mol. The normalized spacial score (nSPS) is 28.2. The average Bonchev–Trinajstić information content (AvgIpc) is 2.97. The van der Waals surface area contributed by atoms with E-state index in [2.05, 4.69) is 10.4 Å². The summed E-state index contributed by atoms with van der Waals surface area (Å²) in [5.74, 6) is -0.158. The molecule has 1 heterocycles. The number of hydrogen-bond acceptors (Lipinski definition) is 4. The summed E-state index contributed by atoms with van der Waals surface area (Å²) in [5, 5.41) is 7.53. The van der Waals surface area contributed by atoms with Crippen LogP contribution in [0.2, 0.25) is 0 Å². The summed E-state index contributed by atoms with van der Waals surface area (Å²) in [6.07, 6.45) is 6.21. The van der Waals surface area contributed by atoms with E-state index in [0.29, 0.717) is 0 Å². The highest BCUT2D eigenvalue weighted by Crippen LogP contribution is 2.38. The van der Waals surface area contributed by atoms with Gasteiger partial charge in [-0.3, -0.25) is 9.48 Å². The second kappa shape index (κ2) is 4.87. The summed E-state index contributed by atoms with van der Waals surface area (Å²) < 4.78 is 6.86. The van der Waals surface area contributed by atoms with E-state index in [0.717, 1.165) is 25.8 Å². The first kappa shape index (κ1) is 12.1. The molecule has 5 nitrogen and oxygen atoms in total. The number of ether oxygens (including phenoxy) is 1. The van der Waals surface area contributed by atoms with Crippen molar-refractivity contribution < 1.29 is 9.53 Å².